The van der Waals surface area contributed by atoms with Crippen LogP contribution in [0.1, 0.15) is 42.3 Å². The Morgan fingerprint density at radius 2 is 1.46 bits per heavy atom. The Morgan fingerprint density at radius 1 is 0.771 bits per heavy atom. The lowest BCUT2D eigenvalue weighted by Crippen LogP contribution is -2.23. The smallest absolute Gasteiger partial charge is 0.161 e. The molecule has 0 aliphatic heterocycles. The molecule has 1 aromatic heterocycles. The van der Waals surface area contributed by atoms with Crippen molar-refractivity contribution in [3.8, 4) is 22.9 Å². The van der Waals surface area contributed by atoms with E-state index in [4.69, 9.17) is 14.5 Å². The number of aromatic amines is 1. The minimum atomic E-state index is 0.744. The molecule has 5 nitrogen and oxygen atoms in total. The minimum absolute atomic E-state index is 0.744. The summed E-state index contributed by atoms with van der Waals surface area (Å²) < 4.78 is 11.0. The molecule has 0 aliphatic rings. The number of rotatable bonds is 12. The molecule has 4 aromatic rings. The molecule has 1 N–H and O–H groups in total. The number of ether oxygens (including phenoxy) is 2. The van der Waals surface area contributed by atoms with Gasteiger partial charge in [0.05, 0.1) is 25.6 Å². The monoisotopic (exact) mass is 469 g/mol. The van der Waals surface area contributed by atoms with Crippen LogP contribution in [0.4, 0.5) is 0 Å². The first-order chi connectivity index (χ1) is 17.2. The van der Waals surface area contributed by atoms with Crippen molar-refractivity contribution < 1.29 is 9.47 Å². The molecule has 0 aliphatic carbocycles. The van der Waals surface area contributed by atoms with Gasteiger partial charge < -0.3 is 14.5 Å². The number of unbranched alkanes of at least 4 members (excludes halogenated alkanes) is 1. The topological polar surface area (TPSA) is 50.4 Å². The molecule has 0 amide bonds. The van der Waals surface area contributed by atoms with Crippen LogP contribution in [0, 0.1) is 0 Å². The summed E-state index contributed by atoms with van der Waals surface area (Å²) in [6, 6.07) is 27.1. The summed E-state index contributed by atoms with van der Waals surface area (Å²) in [6.07, 6.45) is 3.25. The van der Waals surface area contributed by atoms with Gasteiger partial charge in [-0.1, -0.05) is 80.1 Å². The van der Waals surface area contributed by atoms with Gasteiger partial charge in [-0.3, -0.25) is 4.90 Å². The summed E-state index contributed by atoms with van der Waals surface area (Å²) in [6.45, 7) is 4.62. The fourth-order valence-corrected chi connectivity index (χ4v) is 4.33. The highest BCUT2D eigenvalue weighted by atomic mass is 16.5. The van der Waals surface area contributed by atoms with Crippen LogP contribution in [0.5, 0.6) is 11.5 Å². The molecule has 0 saturated carbocycles. The van der Waals surface area contributed by atoms with Gasteiger partial charge >= 0.3 is 0 Å². The highest BCUT2D eigenvalue weighted by Gasteiger charge is 2.17. The summed E-state index contributed by atoms with van der Waals surface area (Å²) >= 11 is 0. The Labute approximate surface area is 208 Å². The van der Waals surface area contributed by atoms with Gasteiger partial charge in [0.1, 0.15) is 5.82 Å². The predicted octanol–water partition coefficient (Wildman–Crippen LogP) is 6.64. The third kappa shape index (κ3) is 6.52. The third-order valence-electron chi connectivity index (χ3n) is 6.16. The van der Waals surface area contributed by atoms with E-state index in [1.165, 1.54) is 16.8 Å². The lowest BCUT2D eigenvalue weighted by atomic mass is 10.1. The van der Waals surface area contributed by atoms with Crippen molar-refractivity contribution >= 4 is 0 Å². The SMILES string of the molecule is CCCCc1nc(-c2ccccc2)[nH]c1CN(Cc1ccccc1)Cc1ccc(OC)c(OC)c1. The first-order valence-electron chi connectivity index (χ1n) is 12.3. The van der Waals surface area contributed by atoms with Gasteiger partial charge in [0.25, 0.3) is 0 Å². The van der Waals surface area contributed by atoms with Crippen molar-refractivity contribution in [2.45, 2.75) is 45.8 Å². The largest absolute Gasteiger partial charge is 0.493 e. The average molecular weight is 470 g/mol. The maximum atomic E-state index is 5.55. The zero-order valence-corrected chi connectivity index (χ0v) is 21.0. The molecule has 0 spiro atoms. The minimum Gasteiger partial charge on any atom is -0.493 e. The molecule has 0 bridgehead atoms. The second-order valence-electron chi connectivity index (χ2n) is 8.80. The quantitative estimate of drug-likeness (QED) is 0.253. The van der Waals surface area contributed by atoms with Crippen molar-refractivity contribution in [3.05, 3.63) is 101 Å². The van der Waals surface area contributed by atoms with E-state index in [1.807, 2.05) is 12.1 Å². The lowest BCUT2D eigenvalue weighted by molar-refractivity contribution is 0.243. The van der Waals surface area contributed by atoms with Crippen LogP contribution in [0.2, 0.25) is 0 Å². The summed E-state index contributed by atoms with van der Waals surface area (Å²) in [5, 5.41) is 0. The molecule has 0 atom stereocenters. The van der Waals surface area contributed by atoms with E-state index in [2.05, 4.69) is 83.5 Å². The van der Waals surface area contributed by atoms with Crippen LogP contribution in [0.25, 0.3) is 11.4 Å². The molecule has 1 heterocycles. The second-order valence-corrected chi connectivity index (χ2v) is 8.80. The third-order valence-corrected chi connectivity index (χ3v) is 6.16. The number of imidazole rings is 1. The maximum Gasteiger partial charge on any atom is 0.161 e. The number of hydrogen-bond donors (Lipinski definition) is 1. The molecule has 5 heteroatoms. The Balaban J connectivity index is 1.64. The molecule has 0 unspecified atom stereocenters. The fraction of sp³-hybridized carbons (Fsp3) is 0.300. The number of aromatic nitrogens is 2. The van der Waals surface area contributed by atoms with Crippen molar-refractivity contribution in [2.24, 2.45) is 0 Å². The van der Waals surface area contributed by atoms with E-state index < -0.39 is 0 Å². The molecule has 3 aromatic carbocycles. The van der Waals surface area contributed by atoms with E-state index in [0.29, 0.717) is 0 Å². The van der Waals surface area contributed by atoms with Crippen LogP contribution in [0.3, 0.4) is 0 Å². The fourth-order valence-electron chi connectivity index (χ4n) is 4.33. The summed E-state index contributed by atoms with van der Waals surface area (Å²) in [4.78, 5) is 11.1. The number of benzene rings is 3. The van der Waals surface area contributed by atoms with Crippen LogP contribution >= 0.6 is 0 Å². The summed E-state index contributed by atoms with van der Waals surface area (Å²) in [5.74, 6) is 2.44. The zero-order chi connectivity index (χ0) is 24.5. The Kier molecular flexibility index (Phi) is 8.58. The van der Waals surface area contributed by atoms with E-state index >= 15 is 0 Å². The Morgan fingerprint density at radius 3 is 2.14 bits per heavy atom. The van der Waals surface area contributed by atoms with Crippen molar-refractivity contribution in [1.29, 1.82) is 0 Å². The molecule has 0 radical (unpaired) electrons. The molecule has 35 heavy (non-hydrogen) atoms. The highest BCUT2D eigenvalue weighted by molar-refractivity contribution is 5.55. The Hall–Kier alpha value is -3.57. The van der Waals surface area contributed by atoms with Crippen LogP contribution in [0.15, 0.2) is 78.9 Å². The number of hydrogen-bond acceptors (Lipinski definition) is 4. The van der Waals surface area contributed by atoms with Gasteiger partial charge in [-0.25, -0.2) is 4.98 Å². The zero-order valence-electron chi connectivity index (χ0n) is 21.0. The highest BCUT2D eigenvalue weighted by Crippen LogP contribution is 2.29. The molecule has 4 rings (SSSR count). The first-order valence-corrected chi connectivity index (χ1v) is 12.3. The van der Waals surface area contributed by atoms with Gasteiger partial charge in [0, 0.05) is 25.2 Å². The Bertz CT molecular complexity index is 1190. The van der Waals surface area contributed by atoms with Gasteiger partial charge in [-0.15, -0.1) is 0 Å². The maximum absolute atomic E-state index is 5.55. The number of nitrogens with one attached hydrogen (secondary N) is 1. The van der Waals surface area contributed by atoms with Gasteiger partial charge in [0.2, 0.25) is 0 Å². The van der Waals surface area contributed by atoms with Crippen LogP contribution in [-0.2, 0) is 26.1 Å². The molecule has 0 fully saturated rings. The van der Waals surface area contributed by atoms with Gasteiger partial charge in [-0.05, 0) is 36.1 Å². The lowest BCUT2D eigenvalue weighted by Gasteiger charge is -2.23. The number of aryl methyl sites for hydroxylation is 1. The van der Waals surface area contributed by atoms with Crippen molar-refractivity contribution in [3.63, 3.8) is 0 Å². The van der Waals surface area contributed by atoms with Crippen molar-refractivity contribution in [1.82, 2.24) is 14.9 Å². The van der Waals surface area contributed by atoms with E-state index in [-0.39, 0.29) is 0 Å². The predicted molar refractivity (Wildman–Crippen MR) is 142 cm³/mol. The first kappa shape index (κ1) is 24.6. The van der Waals surface area contributed by atoms with Gasteiger partial charge in [-0.2, -0.15) is 0 Å². The second kappa shape index (κ2) is 12.2. The van der Waals surface area contributed by atoms with E-state index in [1.54, 1.807) is 14.2 Å². The van der Waals surface area contributed by atoms with Crippen LogP contribution < -0.4 is 9.47 Å². The van der Waals surface area contributed by atoms with E-state index in [0.717, 1.165) is 67.5 Å². The van der Waals surface area contributed by atoms with Gasteiger partial charge in [0.15, 0.2) is 11.5 Å². The number of H-pyrrole nitrogens is 1. The van der Waals surface area contributed by atoms with Crippen LogP contribution in [-0.4, -0.2) is 29.1 Å². The molecule has 0 saturated heterocycles. The molecule has 182 valence electrons. The number of methoxy groups -OCH3 is 2. The molecular weight excluding hydrogens is 434 g/mol. The summed E-state index contributed by atoms with van der Waals surface area (Å²) in [5.41, 5.74) is 5.93. The normalized spacial score (nSPS) is 11.1. The molecular formula is C30H35N3O2. The van der Waals surface area contributed by atoms with E-state index in [9.17, 15) is 0 Å². The number of nitrogens with zero attached hydrogens (tertiary/aromatic N) is 2. The standard InChI is InChI=1S/C30H35N3O2/c1-4-5-16-26-27(32-30(31-26)25-14-10-7-11-15-25)22-33(20-23-12-8-6-9-13-23)21-24-17-18-28(34-2)29(19-24)35-3/h6-15,17-19H,4-5,16,20-22H2,1-3H3,(H,31,32). The summed E-state index contributed by atoms with van der Waals surface area (Å²) in [7, 11) is 3.35. The average Bonchev–Trinajstić information content (AvgIpc) is 3.30. The van der Waals surface area contributed by atoms with Crippen molar-refractivity contribution in [2.75, 3.05) is 14.2 Å².